The Bertz CT molecular complexity index is 684. The molecule has 2 amide bonds. The van der Waals surface area contributed by atoms with Gasteiger partial charge < -0.3 is 19.7 Å². The third-order valence-electron chi connectivity index (χ3n) is 4.54. The van der Waals surface area contributed by atoms with Gasteiger partial charge in [0.25, 0.3) is 0 Å². The molecule has 29 heavy (non-hydrogen) atoms. The monoisotopic (exact) mass is 404 g/mol. The van der Waals surface area contributed by atoms with Crippen LogP contribution < -0.4 is 5.32 Å². The number of ether oxygens (including phenoxy) is 2. The van der Waals surface area contributed by atoms with Crippen LogP contribution in [0.2, 0.25) is 0 Å². The molecule has 0 saturated carbocycles. The van der Waals surface area contributed by atoms with E-state index in [-0.39, 0.29) is 18.9 Å². The predicted molar refractivity (Wildman–Crippen MR) is 109 cm³/mol. The lowest BCUT2D eigenvalue weighted by atomic mass is 10.1. The zero-order chi connectivity index (χ0) is 21.3. The molecule has 1 aromatic rings. The highest BCUT2D eigenvalue weighted by molar-refractivity contribution is 5.77. The van der Waals surface area contributed by atoms with Gasteiger partial charge in [-0.15, -0.1) is 0 Å². The number of carbonyl (C=O) groups excluding carboxylic acids is 3. The number of hydrogen-bond acceptors (Lipinski definition) is 5. The summed E-state index contributed by atoms with van der Waals surface area (Å²) in [5.41, 5.74) is 0.281. The first-order valence-electron chi connectivity index (χ1n) is 10.2. The van der Waals surface area contributed by atoms with Gasteiger partial charge in [0.1, 0.15) is 12.2 Å². The highest BCUT2D eigenvalue weighted by Crippen LogP contribution is 2.14. The van der Waals surface area contributed by atoms with Crippen LogP contribution in [0, 0.1) is 0 Å². The summed E-state index contributed by atoms with van der Waals surface area (Å²) in [5, 5.41) is 2.76. The second-order valence-electron chi connectivity index (χ2n) is 8.32. The van der Waals surface area contributed by atoms with Gasteiger partial charge in [0.05, 0.1) is 6.42 Å². The van der Waals surface area contributed by atoms with Gasteiger partial charge in [0.2, 0.25) is 5.91 Å². The molecule has 7 nitrogen and oxygen atoms in total. The van der Waals surface area contributed by atoms with Crippen molar-refractivity contribution in [2.75, 3.05) is 13.1 Å². The van der Waals surface area contributed by atoms with Gasteiger partial charge in [0.15, 0.2) is 0 Å². The highest BCUT2D eigenvalue weighted by Gasteiger charge is 2.24. The number of rotatable bonds is 8. The molecule has 0 bridgehead atoms. The number of carbonyl (C=O) groups is 3. The topological polar surface area (TPSA) is 84.9 Å². The van der Waals surface area contributed by atoms with E-state index in [0.717, 1.165) is 24.9 Å². The maximum absolute atomic E-state index is 12.3. The number of amides is 2. The molecule has 1 aromatic carbocycles. The van der Waals surface area contributed by atoms with Crippen LogP contribution in [0.25, 0.3) is 0 Å². The van der Waals surface area contributed by atoms with Crippen LogP contribution in [0.5, 0.6) is 0 Å². The van der Waals surface area contributed by atoms with Crippen molar-refractivity contribution in [2.45, 2.75) is 71.1 Å². The summed E-state index contributed by atoms with van der Waals surface area (Å²) < 4.78 is 10.7. The second-order valence-corrected chi connectivity index (χ2v) is 8.32. The van der Waals surface area contributed by atoms with Gasteiger partial charge in [-0.3, -0.25) is 9.59 Å². The fourth-order valence-corrected chi connectivity index (χ4v) is 3.15. The lowest BCUT2D eigenvalue weighted by Crippen LogP contribution is -2.42. The Morgan fingerprint density at radius 2 is 1.90 bits per heavy atom. The van der Waals surface area contributed by atoms with E-state index in [1.54, 1.807) is 25.7 Å². The zero-order valence-corrected chi connectivity index (χ0v) is 17.6. The van der Waals surface area contributed by atoms with Crippen LogP contribution in [0.1, 0.15) is 58.4 Å². The molecule has 1 fully saturated rings. The number of benzene rings is 1. The molecule has 2 rings (SSSR count). The summed E-state index contributed by atoms with van der Waals surface area (Å²) in [6.45, 7) is 6.76. The molecule has 1 aliphatic heterocycles. The third-order valence-corrected chi connectivity index (χ3v) is 4.54. The average Bonchev–Trinajstić information content (AvgIpc) is 2.65. The first-order valence-corrected chi connectivity index (χ1v) is 10.2. The van der Waals surface area contributed by atoms with E-state index in [9.17, 15) is 14.4 Å². The number of alkyl carbamates (subject to hydrolysis) is 1. The van der Waals surface area contributed by atoms with E-state index in [4.69, 9.17) is 9.47 Å². The number of esters is 1. The van der Waals surface area contributed by atoms with Crippen LogP contribution in [-0.4, -0.2) is 47.6 Å². The summed E-state index contributed by atoms with van der Waals surface area (Å²) >= 11 is 0. The van der Waals surface area contributed by atoms with Crippen LogP contribution in [0.15, 0.2) is 30.3 Å². The molecule has 0 radical (unpaired) electrons. The Kier molecular flexibility index (Phi) is 8.49. The lowest BCUT2D eigenvalue weighted by Gasteiger charge is -2.29. The standard InChI is InChI=1S/C22H32N2O5/c1-22(2,3)29-20(26)15-18(12-14-24-13-8-7-11-19(24)25)23-21(27)28-16-17-9-5-4-6-10-17/h4-6,9-10,18H,7-8,11-16H2,1-3H3,(H,23,27)/t18-/m0/s1. The van der Waals surface area contributed by atoms with Crippen molar-refractivity contribution in [3.05, 3.63) is 35.9 Å². The second kappa shape index (κ2) is 10.8. The van der Waals surface area contributed by atoms with E-state index in [1.165, 1.54) is 0 Å². The minimum absolute atomic E-state index is 0.0275. The summed E-state index contributed by atoms with van der Waals surface area (Å²) in [6.07, 6.45) is 2.36. The number of hydrogen-bond donors (Lipinski definition) is 1. The average molecular weight is 405 g/mol. The minimum atomic E-state index is -0.599. The van der Waals surface area contributed by atoms with Crippen molar-refractivity contribution in [2.24, 2.45) is 0 Å². The van der Waals surface area contributed by atoms with E-state index in [2.05, 4.69) is 5.32 Å². The largest absolute Gasteiger partial charge is 0.460 e. The number of nitrogens with one attached hydrogen (secondary N) is 1. The van der Waals surface area contributed by atoms with Crippen molar-refractivity contribution in [1.29, 1.82) is 0 Å². The molecule has 1 heterocycles. The number of nitrogens with zero attached hydrogens (tertiary/aromatic N) is 1. The molecule has 7 heteroatoms. The van der Waals surface area contributed by atoms with Gasteiger partial charge in [-0.2, -0.15) is 0 Å². The fraction of sp³-hybridized carbons (Fsp3) is 0.591. The van der Waals surface area contributed by atoms with Crippen molar-refractivity contribution in [1.82, 2.24) is 10.2 Å². The Morgan fingerprint density at radius 1 is 1.17 bits per heavy atom. The molecule has 1 aliphatic rings. The maximum atomic E-state index is 12.3. The normalized spacial score (nSPS) is 15.6. The Labute approximate surface area is 172 Å². The van der Waals surface area contributed by atoms with Crippen LogP contribution in [0.3, 0.4) is 0 Å². The SMILES string of the molecule is CC(C)(C)OC(=O)C[C@H](CCN1CCCCC1=O)NC(=O)OCc1ccccc1. The first kappa shape index (κ1) is 22.7. The number of likely N-dealkylation sites (tertiary alicyclic amines) is 1. The summed E-state index contributed by atoms with van der Waals surface area (Å²) in [7, 11) is 0. The Hall–Kier alpha value is -2.57. The molecule has 0 aromatic heterocycles. The molecular formula is C22H32N2O5. The summed E-state index contributed by atoms with van der Waals surface area (Å²) in [5.74, 6) is -0.269. The third kappa shape index (κ3) is 8.98. The summed E-state index contributed by atoms with van der Waals surface area (Å²) in [6, 6.07) is 8.90. The van der Waals surface area contributed by atoms with Crippen LogP contribution >= 0.6 is 0 Å². The molecule has 0 aliphatic carbocycles. The molecule has 1 atom stereocenters. The van der Waals surface area contributed by atoms with Crippen molar-refractivity contribution < 1.29 is 23.9 Å². The van der Waals surface area contributed by atoms with Gasteiger partial charge in [0, 0.05) is 25.6 Å². The minimum Gasteiger partial charge on any atom is -0.460 e. The molecular weight excluding hydrogens is 372 g/mol. The van der Waals surface area contributed by atoms with Gasteiger partial charge in [-0.05, 0) is 45.6 Å². The van der Waals surface area contributed by atoms with Crippen LogP contribution in [-0.2, 0) is 25.7 Å². The van der Waals surface area contributed by atoms with Crippen molar-refractivity contribution in [3.8, 4) is 0 Å². The van der Waals surface area contributed by atoms with Gasteiger partial charge >= 0.3 is 12.1 Å². The lowest BCUT2D eigenvalue weighted by molar-refractivity contribution is -0.155. The zero-order valence-electron chi connectivity index (χ0n) is 17.6. The summed E-state index contributed by atoms with van der Waals surface area (Å²) in [4.78, 5) is 38.3. The molecule has 160 valence electrons. The quantitative estimate of drug-likeness (QED) is 0.671. The predicted octanol–water partition coefficient (Wildman–Crippen LogP) is 3.42. The van der Waals surface area contributed by atoms with E-state index in [0.29, 0.717) is 19.4 Å². The van der Waals surface area contributed by atoms with Gasteiger partial charge in [-0.25, -0.2) is 4.79 Å². The Morgan fingerprint density at radius 3 is 2.55 bits per heavy atom. The molecule has 0 unspecified atom stereocenters. The maximum Gasteiger partial charge on any atom is 0.407 e. The van der Waals surface area contributed by atoms with Crippen molar-refractivity contribution >= 4 is 18.0 Å². The molecule has 0 spiro atoms. The fourth-order valence-electron chi connectivity index (χ4n) is 3.15. The molecule has 1 saturated heterocycles. The molecule has 1 N–H and O–H groups in total. The highest BCUT2D eigenvalue weighted by atomic mass is 16.6. The van der Waals surface area contributed by atoms with Crippen molar-refractivity contribution in [3.63, 3.8) is 0 Å². The first-order chi connectivity index (χ1) is 13.7. The van der Waals surface area contributed by atoms with E-state index >= 15 is 0 Å². The van der Waals surface area contributed by atoms with Gasteiger partial charge in [-0.1, -0.05) is 30.3 Å². The Balaban J connectivity index is 1.90. The number of piperidine rings is 1. The van der Waals surface area contributed by atoms with Crippen LogP contribution in [0.4, 0.5) is 4.79 Å². The van der Waals surface area contributed by atoms with E-state index < -0.39 is 23.7 Å². The van der Waals surface area contributed by atoms with E-state index in [1.807, 2.05) is 30.3 Å². The smallest absolute Gasteiger partial charge is 0.407 e.